The monoisotopic (exact) mass is 389 g/mol. The molecule has 1 aliphatic rings. The third kappa shape index (κ3) is 6.08. The molecule has 0 radical (unpaired) electrons. The van der Waals surface area contributed by atoms with Crippen molar-refractivity contribution in [2.24, 2.45) is 5.92 Å². The van der Waals surface area contributed by atoms with E-state index in [1.54, 1.807) is 6.20 Å². The van der Waals surface area contributed by atoms with Gasteiger partial charge in [-0.1, -0.05) is 30.7 Å². The number of halogens is 1. The summed E-state index contributed by atoms with van der Waals surface area (Å²) in [5.41, 5.74) is 0.814. The van der Waals surface area contributed by atoms with Crippen molar-refractivity contribution in [2.45, 2.75) is 39.0 Å². The Morgan fingerprint density at radius 1 is 1.41 bits per heavy atom. The molecule has 5 nitrogen and oxygen atoms in total. The Morgan fingerprint density at radius 3 is 3.07 bits per heavy atom. The van der Waals surface area contributed by atoms with Crippen LogP contribution in [0, 0.1) is 5.92 Å². The van der Waals surface area contributed by atoms with Crippen LogP contribution in [0.3, 0.4) is 0 Å². The van der Waals surface area contributed by atoms with Crippen molar-refractivity contribution in [3.05, 3.63) is 41.4 Å². The Labute approximate surface area is 166 Å². The fourth-order valence-corrected chi connectivity index (χ4v) is 3.77. The maximum Gasteiger partial charge on any atom is 0.220 e. The summed E-state index contributed by atoms with van der Waals surface area (Å²) in [6.07, 6.45) is 6.15. The van der Waals surface area contributed by atoms with Crippen LogP contribution in [0.25, 0.3) is 11.3 Å². The molecule has 146 valence electrons. The van der Waals surface area contributed by atoms with Crippen LogP contribution in [0.1, 0.15) is 38.5 Å². The van der Waals surface area contributed by atoms with Crippen LogP contribution >= 0.6 is 11.6 Å². The predicted octanol–water partition coefficient (Wildman–Crippen LogP) is 4.17. The molecule has 2 heterocycles. The van der Waals surface area contributed by atoms with Crippen molar-refractivity contribution < 1.29 is 9.21 Å². The highest BCUT2D eigenvalue weighted by Gasteiger charge is 2.15. The molecule has 0 saturated carbocycles. The Hall–Kier alpha value is -1.85. The molecule has 0 spiro atoms. The van der Waals surface area contributed by atoms with E-state index in [2.05, 4.69) is 22.1 Å². The quantitative estimate of drug-likeness (QED) is 0.688. The summed E-state index contributed by atoms with van der Waals surface area (Å²) in [5.74, 6) is 2.03. The highest BCUT2D eigenvalue weighted by atomic mass is 35.5. The molecule has 27 heavy (non-hydrogen) atoms. The van der Waals surface area contributed by atoms with Crippen LogP contribution in [0.15, 0.2) is 34.9 Å². The number of amides is 1. The number of piperidine rings is 1. The molecule has 6 heteroatoms. The summed E-state index contributed by atoms with van der Waals surface area (Å²) in [4.78, 5) is 18.8. The van der Waals surface area contributed by atoms with Gasteiger partial charge >= 0.3 is 0 Å². The van der Waals surface area contributed by atoms with E-state index < -0.39 is 0 Å². The number of benzene rings is 1. The molecule has 1 N–H and O–H groups in total. The first kappa shape index (κ1) is 19.9. The van der Waals surface area contributed by atoms with E-state index >= 15 is 0 Å². The molecule has 1 aromatic heterocycles. The van der Waals surface area contributed by atoms with Crippen molar-refractivity contribution in [2.75, 3.05) is 26.2 Å². The van der Waals surface area contributed by atoms with Crippen LogP contribution in [0.2, 0.25) is 5.02 Å². The topological polar surface area (TPSA) is 58.4 Å². The van der Waals surface area contributed by atoms with Crippen molar-refractivity contribution in [1.29, 1.82) is 0 Å². The Balaban J connectivity index is 1.35. The first-order chi connectivity index (χ1) is 13.1. The number of nitrogens with zero attached hydrogens (tertiary/aromatic N) is 2. The van der Waals surface area contributed by atoms with Gasteiger partial charge in [0, 0.05) is 31.5 Å². The smallest absolute Gasteiger partial charge is 0.220 e. The van der Waals surface area contributed by atoms with E-state index in [-0.39, 0.29) is 5.91 Å². The molecule has 0 bridgehead atoms. The highest BCUT2D eigenvalue weighted by molar-refractivity contribution is 6.33. The minimum absolute atomic E-state index is 0.0412. The maximum atomic E-state index is 12.0. The lowest BCUT2D eigenvalue weighted by Crippen LogP contribution is -2.36. The molecule has 3 rings (SSSR count). The van der Waals surface area contributed by atoms with Gasteiger partial charge in [0.05, 0.1) is 11.2 Å². The van der Waals surface area contributed by atoms with Crippen LogP contribution in [-0.2, 0) is 11.2 Å². The van der Waals surface area contributed by atoms with Crippen molar-refractivity contribution in [1.82, 2.24) is 15.2 Å². The number of aromatic nitrogens is 1. The minimum Gasteiger partial charge on any atom is -0.441 e. The molecule has 1 amide bonds. The van der Waals surface area contributed by atoms with Gasteiger partial charge in [0.25, 0.3) is 0 Å². The average Bonchev–Trinajstić information content (AvgIpc) is 3.13. The van der Waals surface area contributed by atoms with E-state index in [4.69, 9.17) is 16.0 Å². The number of carbonyl (C=O) groups is 1. The minimum atomic E-state index is 0.0412. The zero-order chi connectivity index (χ0) is 19.1. The number of rotatable bonds is 8. The number of hydrogen-bond acceptors (Lipinski definition) is 4. The summed E-state index contributed by atoms with van der Waals surface area (Å²) >= 11 is 6.18. The first-order valence-corrected chi connectivity index (χ1v) is 10.2. The molecular formula is C21H28ClN3O2. The predicted molar refractivity (Wildman–Crippen MR) is 108 cm³/mol. The van der Waals surface area contributed by atoms with E-state index in [1.165, 1.54) is 25.9 Å². The van der Waals surface area contributed by atoms with Gasteiger partial charge in [-0.15, -0.1) is 0 Å². The van der Waals surface area contributed by atoms with Gasteiger partial charge in [0.15, 0.2) is 11.7 Å². The van der Waals surface area contributed by atoms with Gasteiger partial charge in [-0.3, -0.25) is 4.79 Å². The molecule has 1 aliphatic heterocycles. The van der Waals surface area contributed by atoms with Crippen LogP contribution in [-0.4, -0.2) is 42.0 Å². The lowest BCUT2D eigenvalue weighted by molar-refractivity contribution is -0.121. The molecule has 1 saturated heterocycles. The summed E-state index contributed by atoms with van der Waals surface area (Å²) < 4.78 is 5.73. The fourth-order valence-electron chi connectivity index (χ4n) is 3.54. The third-order valence-corrected chi connectivity index (χ3v) is 5.30. The molecule has 1 aromatic carbocycles. The van der Waals surface area contributed by atoms with Crippen molar-refractivity contribution in [3.8, 4) is 11.3 Å². The summed E-state index contributed by atoms with van der Waals surface area (Å²) in [6.45, 7) is 6.47. The standard InChI is InChI=1S/C21H28ClN3O2/c1-16-6-4-12-25(15-16)13-5-11-23-20(26)9-10-21-24-14-19(27-21)17-7-2-3-8-18(17)22/h2-3,7-8,14,16H,4-6,9-13,15H2,1H3,(H,23,26). The first-order valence-electron chi connectivity index (χ1n) is 9.80. The average molecular weight is 390 g/mol. The lowest BCUT2D eigenvalue weighted by Gasteiger charge is -2.30. The van der Waals surface area contributed by atoms with Crippen molar-refractivity contribution in [3.63, 3.8) is 0 Å². The van der Waals surface area contributed by atoms with Gasteiger partial charge in [0.2, 0.25) is 5.91 Å². The third-order valence-electron chi connectivity index (χ3n) is 4.97. The lowest BCUT2D eigenvalue weighted by atomic mass is 10.0. The molecular weight excluding hydrogens is 362 g/mol. The van der Waals surface area contributed by atoms with Crippen LogP contribution < -0.4 is 5.32 Å². The molecule has 0 aliphatic carbocycles. The van der Waals surface area contributed by atoms with Crippen LogP contribution in [0.5, 0.6) is 0 Å². The summed E-state index contributed by atoms with van der Waals surface area (Å²) in [5, 5.41) is 3.62. The second kappa shape index (κ2) is 9.90. The molecule has 1 fully saturated rings. The maximum absolute atomic E-state index is 12.0. The van der Waals surface area contributed by atoms with Gasteiger partial charge in [-0.25, -0.2) is 4.98 Å². The van der Waals surface area contributed by atoms with Gasteiger partial charge in [0.1, 0.15) is 0 Å². The highest BCUT2D eigenvalue weighted by Crippen LogP contribution is 2.28. The van der Waals surface area contributed by atoms with Gasteiger partial charge < -0.3 is 14.6 Å². The zero-order valence-corrected chi connectivity index (χ0v) is 16.7. The Kier molecular flexibility index (Phi) is 7.30. The van der Waals surface area contributed by atoms with E-state index in [9.17, 15) is 4.79 Å². The van der Waals surface area contributed by atoms with E-state index in [0.717, 1.165) is 31.0 Å². The SMILES string of the molecule is CC1CCCN(CCCNC(=O)CCc2ncc(-c3ccccc3Cl)o2)C1. The molecule has 2 aromatic rings. The second-order valence-corrected chi connectivity index (χ2v) is 7.76. The number of hydrogen-bond donors (Lipinski definition) is 1. The number of aryl methyl sites for hydroxylation is 1. The fraction of sp³-hybridized carbons (Fsp3) is 0.524. The summed E-state index contributed by atoms with van der Waals surface area (Å²) in [6, 6.07) is 7.49. The largest absolute Gasteiger partial charge is 0.441 e. The normalized spacial score (nSPS) is 17.8. The summed E-state index contributed by atoms with van der Waals surface area (Å²) in [7, 11) is 0. The molecule has 1 unspecified atom stereocenters. The number of carbonyl (C=O) groups excluding carboxylic acids is 1. The number of likely N-dealkylation sites (tertiary alicyclic amines) is 1. The number of oxazole rings is 1. The molecule has 1 atom stereocenters. The zero-order valence-electron chi connectivity index (χ0n) is 15.9. The van der Waals surface area contributed by atoms with Crippen LogP contribution in [0.4, 0.5) is 0 Å². The number of nitrogens with one attached hydrogen (secondary N) is 1. The Morgan fingerprint density at radius 2 is 2.26 bits per heavy atom. The second-order valence-electron chi connectivity index (χ2n) is 7.35. The van der Waals surface area contributed by atoms with Gasteiger partial charge in [-0.2, -0.15) is 0 Å². The van der Waals surface area contributed by atoms with E-state index in [1.807, 2.05) is 24.3 Å². The Bertz CT molecular complexity index is 747. The van der Waals surface area contributed by atoms with E-state index in [0.29, 0.717) is 29.5 Å². The van der Waals surface area contributed by atoms with Crippen molar-refractivity contribution >= 4 is 17.5 Å². The van der Waals surface area contributed by atoms with Gasteiger partial charge in [-0.05, 0) is 50.4 Å².